The number of halogens is 3. The van der Waals surface area contributed by atoms with Crippen molar-refractivity contribution in [2.45, 2.75) is 17.7 Å². The van der Waals surface area contributed by atoms with Crippen molar-refractivity contribution in [2.75, 3.05) is 13.7 Å². The second kappa shape index (κ2) is 6.61. The van der Waals surface area contributed by atoms with Crippen LogP contribution in [0.1, 0.15) is 12.0 Å². The molecule has 0 N–H and O–H groups in total. The van der Waals surface area contributed by atoms with Crippen LogP contribution in [0.25, 0.3) is 0 Å². The third kappa shape index (κ3) is 4.62. The van der Waals surface area contributed by atoms with Crippen molar-refractivity contribution in [3.8, 4) is 0 Å². The van der Waals surface area contributed by atoms with E-state index in [0.29, 0.717) is 11.4 Å². The molecule has 4 heteroatoms. The van der Waals surface area contributed by atoms with Gasteiger partial charge in [0.05, 0.1) is 6.61 Å². The summed E-state index contributed by atoms with van der Waals surface area (Å²) in [7, 11) is 1.67. The Hall–Kier alpha value is 0.0700. The number of benzene rings is 1. The molecule has 0 radical (unpaired) electrons. The van der Waals surface area contributed by atoms with Crippen LogP contribution >= 0.6 is 31.9 Å². The summed E-state index contributed by atoms with van der Waals surface area (Å²) in [5.74, 6) is -0.189. The predicted octanol–water partition coefficient (Wildman–Crippen LogP) is 3.93. The van der Waals surface area contributed by atoms with Gasteiger partial charge in [-0.2, -0.15) is 0 Å². The standard InChI is InChI=1S/C11H13Br2FO/c1-15-7-9(12)3-2-8-6-10(14)4-5-11(8)13/h4-6,9H,2-3,7H2,1H3. The molecule has 0 fully saturated rings. The molecule has 1 aromatic rings. The van der Waals surface area contributed by atoms with Crippen molar-refractivity contribution in [3.63, 3.8) is 0 Å². The molecule has 0 aliphatic rings. The lowest BCUT2D eigenvalue weighted by atomic mass is 10.1. The Labute approximate surface area is 106 Å². The van der Waals surface area contributed by atoms with Crippen LogP contribution in [-0.4, -0.2) is 18.5 Å². The Bertz CT molecular complexity index is 317. The second-order valence-corrected chi connectivity index (χ2v) is 5.48. The van der Waals surface area contributed by atoms with Crippen LogP contribution in [0.4, 0.5) is 4.39 Å². The summed E-state index contributed by atoms with van der Waals surface area (Å²) < 4.78 is 18.9. The molecule has 84 valence electrons. The van der Waals surface area contributed by atoms with E-state index in [-0.39, 0.29) is 5.82 Å². The minimum Gasteiger partial charge on any atom is -0.384 e. The van der Waals surface area contributed by atoms with Gasteiger partial charge in [0, 0.05) is 16.4 Å². The zero-order chi connectivity index (χ0) is 11.3. The lowest BCUT2D eigenvalue weighted by Crippen LogP contribution is -2.08. The maximum Gasteiger partial charge on any atom is 0.123 e. The van der Waals surface area contributed by atoms with E-state index < -0.39 is 0 Å². The minimum absolute atomic E-state index is 0.189. The largest absolute Gasteiger partial charge is 0.384 e. The molecule has 1 rings (SSSR count). The van der Waals surface area contributed by atoms with Gasteiger partial charge in [0.15, 0.2) is 0 Å². The van der Waals surface area contributed by atoms with Crippen LogP contribution in [-0.2, 0) is 11.2 Å². The normalized spacial score (nSPS) is 12.8. The van der Waals surface area contributed by atoms with Crippen LogP contribution in [0.3, 0.4) is 0 Å². The maximum atomic E-state index is 13.0. The van der Waals surface area contributed by atoms with Gasteiger partial charge in [0.1, 0.15) is 5.82 Å². The average molecular weight is 340 g/mol. The molecule has 0 saturated carbocycles. The molecule has 0 bridgehead atoms. The Morgan fingerprint density at radius 3 is 2.87 bits per heavy atom. The fourth-order valence-corrected chi connectivity index (χ4v) is 2.25. The van der Waals surface area contributed by atoms with E-state index in [1.807, 2.05) is 0 Å². The van der Waals surface area contributed by atoms with Gasteiger partial charge in [0.25, 0.3) is 0 Å². The third-order valence-corrected chi connectivity index (χ3v) is 3.58. The fraction of sp³-hybridized carbons (Fsp3) is 0.455. The Balaban J connectivity index is 2.53. The summed E-state index contributed by atoms with van der Waals surface area (Å²) in [6, 6.07) is 4.76. The number of methoxy groups -OCH3 is 1. The molecule has 0 aliphatic carbocycles. The highest BCUT2D eigenvalue weighted by Crippen LogP contribution is 2.21. The molecule has 0 saturated heterocycles. The number of aryl methyl sites for hydroxylation is 1. The lowest BCUT2D eigenvalue weighted by Gasteiger charge is -2.09. The zero-order valence-corrected chi connectivity index (χ0v) is 11.6. The van der Waals surface area contributed by atoms with E-state index >= 15 is 0 Å². The van der Waals surface area contributed by atoms with Crippen molar-refractivity contribution in [1.29, 1.82) is 0 Å². The number of ether oxygens (including phenoxy) is 1. The molecule has 1 atom stereocenters. The first-order valence-electron chi connectivity index (χ1n) is 4.70. The molecule has 0 heterocycles. The Morgan fingerprint density at radius 1 is 1.47 bits per heavy atom. The first-order chi connectivity index (χ1) is 7.13. The van der Waals surface area contributed by atoms with Gasteiger partial charge in [-0.1, -0.05) is 31.9 Å². The lowest BCUT2D eigenvalue weighted by molar-refractivity contribution is 0.198. The third-order valence-electron chi connectivity index (χ3n) is 2.08. The molecule has 15 heavy (non-hydrogen) atoms. The van der Waals surface area contributed by atoms with Crippen LogP contribution in [0, 0.1) is 5.82 Å². The molecular weight excluding hydrogens is 327 g/mol. The smallest absolute Gasteiger partial charge is 0.123 e. The highest BCUT2D eigenvalue weighted by Gasteiger charge is 2.06. The van der Waals surface area contributed by atoms with E-state index in [4.69, 9.17) is 4.74 Å². The Morgan fingerprint density at radius 2 is 2.20 bits per heavy atom. The number of rotatable bonds is 5. The molecule has 1 nitrogen and oxygen atoms in total. The van der Waals surface area contributed by atoms with Crippen LogP contribution in [0.2, 0.25) is 0 Å². The fourth-order valence-electron chi connectivity index (χ4n) is 1.31. The van der Waals surface area contributed by atoms with Crippen LogP contribution in [0.15, 0.2) is 22.7 Å². The highest BCUT2D eigenvalue weighted by atomic mass is 79.9. The summed E-state index contributed by atoms with van der Waals surface area (Å²) in [4.78, 5) is 0.317. The molecule has 0 aromatic heterocycles. The van der Waals surface area contributed by atoms with E-state index in [0.717, 1.165) is 22.9 Å². The summed E-state index contributed by atoms with van der Waals surface area (Å²) >= 11 is 6.91. The zero-order valence-electron chi connectivity index (χ0n) is 8.47. The number of hydrogen-bond acceptors (Lipinski definition) is 1. The highest BCUT2D eigenvalue weighted by molar-refractivity contribution is 9.10. The first kappa shape index (κ1) is 13.1. The quantitative estimate of drug-likeness (QED) is 0.738. The van der Waals surface area contributed by atoms with Crippen LogP contribution in [0.5, 0.6) is 0 Å². The van der Waals surface area contributed by atoms with Crippen molar-refractivity contribution in [1.82, 2.24) is 0 Å². The first-order valence-corrected chi connectivity index (χ1v) is 6.41. The van der Waals surface area contributed by atoms with Gasteiger partial charge < -0.3 is 4.74 Å². The van der Waals surface area contributed by atoms with Gasteiger partial charge in [-0.05, 0) is 36.6 Å². The van der Waals surface area contributed by atoms with E-state index in [9.17, 15) is 4.39 Å². The second-order valence-electron chi connectivity index (χ2n) is 3.33. The molecule has 0 spiro atoms. The van der Waals surface area contributed by atoms with Crippen LogP contribution < -0.4 is 0 Å². The molecule has 1 unspecified atom stereocenters. The summed E-state index contributed by atoms with van der Waals surface area (Å²) in [6.45, 7) is 0.674. The molecule has 1 aromatic carbocycles. The number of hydrogen-bond donors (Lipinski definition) is 0. The van der Waals surface area contributed by atoms with E-state index in [1.165, 1.54) is 6.07 Å². The van der Waals surface area contributed by atoms with Gasteiger partial charge >= 0.3 is 0 Å². The van der Waals surface area contributed by atoms with Crippen molar-refractivity contribution in [3.05, 3.63) is 34.1 Å². The van der Waals surface area contributed by atoms with E-state index in [2.05, 4.69) is 31.9 Å². The maximum absolute atomic E-state index is 13.0. The van der Waals surface area contributed by atoms with Crippen molar-refractivity contribution >= 4 is 31.9 Å². The predicted molar refractivity (Wildman–Crippen MR) is 67.0 cm³/mol. The summed E-state index contributed by atoms with van der Waals surface area (Å²) in [5.41, 5.74) is 0.996. The van der Waals surface area contributed by atoms with Gasteiger partial charge in [-0.3, -0.25) is 0 Å². The molecular formula is C11H13Br2FO. The molecule has 0 amide bonds. The summed E-state index contributed by atoms with van der Waals surface area (Å²) in [6.07, 6.45) is 1.76. The van der Waals surface area contributed by atoms with Crippen molar-refractivity contribution < 1.29 is 9.13 Å². The Kier molecular flexibility index (Phi) is 5.79. The minimum atomic E-state index is -0.189. The topological polar surface area (TPSA) is 9.23 Å². The van der Waals surface area contributed by atoms with Gasteiger partial charge in [-0.15, -0.1) is 0 Å². The van der Waals surface area contributed by atoms with E-state index in [1.54, 1.807) is 19.2 Å². The van der Waals surface area contributed by atoms with Gasteiger partial charge in [0.2, 0.25) is 0 Å². The average Bonchev–Trinajstić information content (AvgIpc) is 2.20. The summed E-state index contributed by atoms with van der Waals surface area (Å²) in [5, 5.41) is 0. The van der Waals surface area contributed by atoms with Crippen molar-refractivity contribution in [2.24, 2.45) is 0 Å². The molecule has 0 aliphatic heterocycles. The SMILES string of the molecule is COCC(Br)CCc1cc(F)ccc1Br. The number of alkyl halides is 1. The monoisotopic (exact) mass is 338 g/mol. The van der Waals surface area contributed by atoms with Gasteiger partial charge in [-0.25, -0.2) is 4.39 Å².